The average molecular weight is 451 g/mol. The lowest BCUT2D eigenvalue weighted by Crippen LogP contribution is -2.58. The van der Waals surface area contributed by atoms with Crippen molar-refractivity contribution in [1.29, 1.82) is 0 Å². The van der Waals surface area contributed by atoms with Crippen LogP contribution in [-0.2, 0) is 4.79 Å². The van der Waals surface area contributed by atoms with Crippen LogP contribution in [-0.4, -0.2) is 52.2 Å². The number of carbonyl (C=O) groups is 1. The number of likely N-dealkylation sites (tertiary alicyclic amines) is 1. The van der Waals surface area contributed by atoms with Crippen LogP contribution >= 0.6 is 0 Å². The predicted octanol–water partition coefficient (Wildman–Crippen LogP) is 3.86. The van der Waals surface area contributed by atoms with Gasteiger partial charge in [-0.25, -0.2) is 4.39 Å². The minimum Gasteiger partial charge on any atom is -0.487 e. The molecule has 172 valence electrons. The number of nitrogens with one attached hydrogen (secondary N) is 1. The van der Waals surface area contributed by atoms with Gasteiger partial charge in [0, 0.05) is 31.0 Å². The topological polar surface area (TPSA) is 83.9 Å². The van der Waals surface area contributed by atoms with E-state index in [1.807, 2.05) is 11.0 Å². The molecule has 0 radical (unpaired) electrons. The summed E-state index contributed by atoms with van der Waals surface area (Å²) in [7, 11) is 0. The number of benzene rings is 2. The van der Waals surface area contributed by atoms with Crippen molar-refractivity contribution in [1.82, 2.24) is 9.88 Å². The zero-order chi connectivity index (χ0) is 23.3. The van der Waals surface area contributed by atoms with E-state index in [-0.39, 0.29) is 19.0 Å². The number of rotatable bonds is 7. The van der Waals surface area contributed by atoms with Crippen molar-refractivity contribution in [2.75, 3.05) is 25.0 Å². The van der Waals surface area contributed by atoms with Gasteiger partial charge in [-0.15, -0.1) is 0 Å². The number of aromatic nitrogens is 1. The molecule has 2 heterocycles. The molecule has 2 N–H and O–H groups in total. The number of amides is 1. The smallest absolute Gasteiger partial charge is 0.238 e. The standard InChI is InChI=1S/C25H26FN3O4/c1-25(31)17-29(13-11-23(25)33-21-5-2-4-18(26)14-21)16-24(30)28-19-7-9-20(10-8-19)32-22-6-3-12-27-15-22/h2-10,12,14-15,23,31H,11,13,16-17H2,1H3,(H,28,30)/t23-,25-/m0/s1. The molecule has 2 aromatic carbocycles. The summed E-state index contributed by atoms with van der Waals surface area (Å²) in [6.45, 7) is 2.64. The highest BCUT2D eigenvalue weighted by Gasteiger charge is 2.40. The van der Waals surface area contributed by atoms with Crippen LogP contribution in [0.3, 0.4) is 0 Å². The molecule has 0 aliphatic carbocycles. The van der Waals surface area contributed by atoms with Crippen molar-refractivity contribution in [2.24, 2.45) is 0 Å². The second-order valence-electron chi connectivity index (χ2n) is 8.28. The van der Waals surface area contributed by atoms with Gasteiger partial charge in [-0.2, -0.15) is 0 Å². The summed E-state index contributed by atoms with van der Waals surface area (Å²) in [6, 6.07) is 16.5. The SMILES string of the molecule is C[C@]1(O)CN(CC(=O)Nc2ccc(Oc3cccnc3)cc2)CC[C@@H]1Oc1cccc(F)c1. The summed E-state index contributed by atoms with van der Waals surface area (Å²) in [5, 5.41) is 13.7. The first-order valence-electron chi connectivity index (χ1n) is 10.7. The highest BCUT2D eigenvalue weighted by Crippen LogP contribution is 2.27. The number of ether oxygens (including phenoxy) is 2. The van der Waals surface area contributed by atoms with E-state index in [1.165, 1.54) is 12.1 Å². The lowest BCUT2D eigenvalue weighted by Gasteiger charge is -2.42. The van der Waals surface area contributed by atoms with Gasteiger partial charge in [-0.1, -0.05) is 6.07 Å². The molecule has 1 aliphatic rings. The zero-order valence-electron chi connectivity index (χ0n) is 18.3. The minimum atomic E-state index is -1.18. The first kappa shape index (κ1) is 22.7. The van der Waals surface area contributed by atoms with Crippen LogP contribution in [0.2, 0.25) is 0 Å². The molecule has 1 saturated heterocycles. The molecule has 0 bridgehead atoms. The summed E-state index contributed by atoms with van der Waals surface area (Å²) in [4.78, 5) is 18.4. The van der Waals surface area contributed by atoms with Gasteiger partial charge in [0.2, 0.25) is 5.91 Å². The molecule has 1 aliphatic heterocycles. The van der Waals surface area contributed by atoms with Crippen LogP contribution in [0.4, 0.5) is 10.1 Å². The van der Waals surface area contributed by atoms with Crippen molar-refractivity contribution in [3.05, 3.63) is 78.9 Å². The number of β-amino-alcohol motifs (C(OH)–C–C–N with tert-alkyl or cyclic N) is 1. The fourth-order valence-corrected chi connectivity index (χ4v) is 3.82. The van der Waals surface area contributed by atoms with E-state index in [2.05, 4.69) is 10.3 Å². The number of piperidine rings is 1. The van der Waals surface area contributed by atoms with Crippen molar-refractivity contribution < 1.29 is 23.8 Å². The number of hydrogen-bond acceptors (Lipinski definition) is 6. The minimum absolute atomic E-state index is 0.136. The fraction of sp³-hybridized carbons (Fsp3) is 0.280. The Balaban J connectivity index is 1.27. The van der Waals surface area contributed by atoms with E-state index in [0.717, 1.165) is 0 Å². The zero-order valence-corrected chi connectivity index (χ0v) is 18.3. The highest BCUT2D eigenvalue weighted by molar-refractivity contribution is 5.92. The lowest BCUT2D eigenvalue weighted by atomic mass is 9.91. The van der Waals surface area contributed by atoms with Gasteiger partial charge >= 0.3 is 0 Å². The molecule has 1 aromatic heterocycles. The summed E-state index contributed by atoms with van der Waals surface area (Å²) in [6.07, 6.45) is 3.31. The van der Waals surface area contributed by atoms with Gasteiger partial charge in [-0.05, 0) is 61.9 Å². The third-order valence-corrected chi connectivity index (χ3v) is 5.39. The van der Waals surface area contributed by atoms with Gasteiger partial charge < -0.3 is 19.9 Å². The molecule has 7 nitrogen and oxygen atoms in total. The maximum Gasteiger partial charge on any atom is 0.238 e. The van der Waals surface area contributed by atoms with Crippen molar-refractivity contribution in [2.45, 2.75) is 25.0 Å². The van der Waals surface area contributed by atoms with Gasteiger partial charge in [0.1, 0.15) is 34.8 Å². The molecular weight excluding hydrogens is 425 g/mol. The van der Waals surface area contributed by atoms with Crippen LogP contribution in [0, 0.1) is 5.82 Å². The van der Waals surface area contributed by atoms with Crippen LogP contribution in [0.1, 0.15) is 13.3 Å². The van der Waals surface area contributed by atoms with E-state index >= 15 is 0 Å². The van der Waals surface area contributed by atoms with E-state index < -0.39 is 17.5 Å². The second-order valence-corrected chi connectivity index (χ2v) is 8.28. The number of aliphatic hydroxyl groups is 1. The molecule has 0 saturated carbocycles. The highest BCUT2D eigenvalue weighted by atomic mass is 19.1. The fourth-order valence-electron chi connectivity index (χ4n) is 3.82. The van der Waals surface area contributed by atoms with E-state index in [4.69, 9.17) is 9.47 Å². The Morgan fingerprint density at radius 2 is 1.97 bits per heavy atom. The molecule has 0 unspecified atom stereocenters. The monoisotopic (exact) mass is 451 g/mol. The Hall–Kier alpha value is -3.49. The Labute approximate surface area is 191 Å². The molecular formula is C25H26FN3O4. The number of anilines is 1. The first-order valence-corrected chi connectivity index (χ1v) is 10.7. The second kappa shape index (κ2) is 9.97. The predicted molar refractivity (Wildman–Crippen MR) is 122 cm³/mol. The molecule has 2 atom stereocenters. The van der Waals surface area contributed by atoms with Crippen LogP contribution in [0.15, 0.2) is 73.1 Å². The maximum atomic E-state index is 13.4. The third kappa shape index (κ3) is 6.27. The Kier molecular flexibility index (Phi) is 6.86. The van der Waals surface area contributed by atoms with Gasteiger partial charge in [0.15, 0.2) is 0 Å². The third-order valence-electron chi connectivity index (χ3n) is 5.39. The van der Waals surface area contributed by atoms with Crippen molar-refractivity contribution >= 4 is 11.6 Å². The van der Waals surface area contributed by atoms with Crippen LogP contribution in [0.25, 0.3) is 0 Å². The largest absolute Gasteiger partial charge is 0.487 e. The average Bonchev–Trinajstić information content (AvgIpc) is 2.77. The van der Waals surface area contributed by atoms with E-state index in [0.29, 0.717) is 35.9 Å². The van der Waals surface area contributed by atoms with E-state index in [1.54, 1.807) is 61.8 Å². The summed E-state index contributed by atoms with van der Waals surface area (Å²) < 4.78 is 24.9. The number of halogens is 1. The molecule has 33 heavy (non-hydrogen) atoms. The summed E-state index contributed by atoms with van der Waals surface area (Å²) in [5.41, 5.74) is -0.537. The normalized spacial score (nSPS) is 20.8. The lowest BCUT2D eigenvalue weighted by molar-refractivity contribution is -0.123. The van der Waals surface area contributed by atoms with E-state index in [9.17, 15) is 14.3 Å². The molecule has 4 rings (SSSR count). The molecule has 8 heteroatoms. The van der Waals surface area contributed by atoms with Crippen LogP contribution < -0.4 is 14.8 Å². The van der Waals surface area contributed by atoms with Crippen molar-refractivity contribution in [3.8, 4) is 17.2 Å². The Morgan fingerprint density at radius 3 is 2.67 bits per heavy atom. The van der Waals surface area contributed by atoms with Gasteiger partial charge in [0.25, 0.3) is 0 Å². The summed E-state index contributed by atoms with van der Waals surface area (Å²) >= 11 is 0. The molecule has 0 spiro atoms. The van der Waals surface area contributed by atoms with Crippen molar-refractivity contribution in [3.63, 3.8) is 0 Å². The molecule has 1 fully saturated rings. The Bertz CT molecular complexity index is 1080. The number of carbonyl (C=O) groups excluding carboxylic acids is 1. The van der Waals surface area contributed by atoms with Crippen LogP contribution in [0.5, 0.6) is 17.2 Å². The number of pyridine rings is 1. The summed E-state index contributed by atoms with van der Waals surface area (Å²) in [5.74, 6) is 1.07. The van der Waals surface area contributed by atoms with Gasteiger partial charge in [0.05, 0.1) is 12.7 Å². The van der Waals surface area contributed by atoms with Gasteiger partial charge in [-0.3, -0.25) is 14.7 Å². The maximum absolute atomic E-state index is 13.4. The number of nitrogens with zero attached hydrogens (tertiary/aromatic N) is 2. The molecule has 3 aromatic rings. The quantitative estimate of drug-likeness (QED) is 0.568. The molecule has 1 amide bonds. The first-order chi connectivity index (χ1) is 15.9. The Morgan fingerprint density at radius 1 is 1.18 bits per heavy atom. The number of hydrogen-bond donors (Lipinski definition) is 2.